The fourth-order valence-electron chi connectivity index (χ4n) is 1.29. The standard InChI is InChI=1S/C9H16N2O4/c1-11-7(6-15-9(11)13)8(12)10-4-3-5-14-2/h7H,3-6H2,1-2H3,(H,10,12). The van der Waals surface area contributed by atoms with Crippen LogP contribution in [0.25, 0.3) is 0 Å². The average Bonchev–Trinajstić information content (AvgIpc) is 2.55. The largest absolute Gasteiger partial charge is 0.447 e. The topological polar surface area (TPSA) is 67.9 Å². The highest BCUT2D eigenvalue weighted by molar-refractivity contribution is 5.87. The first kappa shape index (κ1) is 11.8. The zero-order valence-electron chi connectivity index (χ0n) is 8.99. The highest BCUT2D eigenvalue weighted by Crippen LogP contribution is 2.08. The minimum absolute atomic E-state index is 0.130. The SMILES string of the molecule is COCCCNC(=O)C1COC(=O)N1C. The maximum atomic E-state index is 11.5. The van der Waals surface area contributed by atoms with Crippen molar-refractivity contribution in [2.45, 2.75) is 12.5 Å². The predicted octanol–water partition coefficient (Wildman–Crippen LogP) is -0.410. The third kappa shape index (κ3) is 3.09. The summed E-state index contributed by atoms with van der Waals surface area (Å²) in [5.41, 5.74) is 0. The van der Waals surface area contributed by atoms with E-state index in [9.17, 15) is 9.59 Å². The Morgan fingerprint density at radius 3 is 3.00 bits per heavy atom. The highest BCUT2D eigenvalue weighted by Gasteiger charge is 2.34. The predicted molar refractivity (Wildman–Crippen MR) is 52.4 cm³/mol. The van der Waals surface area contributed by atoms with Crippen LogP contribution in [0.3, 0.4) is 0 Å². The molecule has 1 rings (SSSR count). The van der Waals surface area contributed by atoms with Crippen molar-refractivity contribution in [1.82, 2.24) is 10.2 Å². The third-order valence-electron chi connectivity index (χ3n) is 2.25. The Kier molecular flexibility index (Phi) is 4.36. The Bertz CT molecular complexity index is 244. The van der Waals surface area contributed by atoms with Gasteiger partial charge in [-0.2, -0.15) is 0 Å². The van der Waals surface area contributed by atoms with Crippen molar-refractivity contribution in [3.8, 4) is 0 Å². The summed E-state index contributed by atoms with van der Waals surface area (Å²) >= 11 is 0. The van der Waals surface area contributed by atoms with Gasteiger partial charge in [0.1, 0.15) is 12.6 Å². The van der Waals surface area contributed by atoms with Crippen molar-refractivity contribution in [3.05, 3.63) is 0 Å². The Morgan fingerprint density at radius 2 is 2.47 bits per heavy atom. The molecule has 1 aliphatic heterocycles. The highest BCUT2D eigenvalue weighted by atomic mass is 16.6. The summed E-state index contributed by atoms with van der Waals surface area (Å²) in [4.78, 5) is 23.8. The van der Waals surface area contributed by atoms with Crippen molar-refractivity contribution in [2.75, 3.05) is 33.9 Å². The maximum absolute atomic E-state index is 11.5. The number of nitrogens with zero attached hydrogens (tertiary/aromatic N) is 1. The number of likely N-dealkylation sites (N-methyl/N-ethyl adjacent to an activating group) is 1. The van der Waals surface area contributed by atoms with Gasteiger partial charge in [0.2, 0.25) is 5.91 Å². The van der Waals surface area contributed by atoms with Crippen molar-refractivity contribution >= 4 is 12.0 Å². The fraction of sp³-hybridized carbons (Fsp3) is 0.778. The van der Waals surface area contributed by atoms with Crippen LogP contribution < -0.4 is 5.32 Å². The second kappa shape index (κ2) is 5.55. The second-order valence-electron chi connectivity index (χ2n) is 3.34. The van der Waals surface area contributed by atoms with Crippen molar-refractivity contribution in [1.29, 1.82) is 0 Å². The number of amides is 2. The molecule has 0 bridgehead atoms. The van der Waals surface area contributed by atoms with E-state index < -0.39 is 12.1 Å². The number of carbonyl (C=O) groups excluding carboxylic acids is 2. The Labute approximate surface area is 88.5 Å². The molecule has 0 aromatic heterocycles. The van der Waals surface area contributed by atoms with E-state index in [0.29, 0.717) is 13.2 Å². The number of hydrogen-bond acceptors (Lipinski definition) is 4. The average molecular weight is 216 g/mol. The van der Waals surface area contributed by atoms with Gasteiger partial charge in [-0.25, -0.2) is 4.79 Å². The Balaban J connectivity index is 2.25. The van der Waals surface area contributed by atoms with E-state index in [1.165, 1.54) is 4.90 Å². The normalized spacial score (nSPS) is 20.3. The lowest BCUT2D eigenvalue weighted by atomic mass is 10.3. The molecule has 0 aromatic carbocycles. The second-order valence-corrected chi connectivity index (χ2v) is 3.34. The van der Waals surface area contributed by atoms with Crippen LogP contribution in [0.5, 0.6) is 0 Å². The molecule has 1 heterocycles. The van der Waals surface area contributed by atoms with Gasteiger partial charge in [-0.15, -0.1) is 0 Å². The van der Waals surface area contributed by atoms with Gasteiger partial charge >= 0.3 is 6.09 Å². The van der Waals surface area contributed by atoms with Crippen molar-refractivity contribution in [3.63, 3.8) is 0 Å². The molecule has 0 spiro atoms. The summed E-state index contributed by atoms with van der Waals surface area (Å²) < 4.78 is 9.57. The van der Waals surface area contributed by atoms with Gasteiger partial charge in [-0.1, -0.05) is 0 Å². The van der Waals surface area contributed by atoms with Gasteiger partial charge < -0.3 is 14.8 Å². The number of methoxy groups -OCH3 is 1. The van der Waals surface area contributed by atoms with Gasteiger partial charge in [0.15, 0.2) is 0 Å². The molecule has 6 nitrogen and oxygen atoms in total. The first-order valence-electron chi connectivity index (χ1n) is 4.83. The molecular formula is C9H16N2O4. The minimum Gasteiger partial charge on any atom is -0.447 e. The van der Waals surface area contributed by atoms with E-state index >= 15 is 0 Å². The van der Waals surface area contributed by atoms with Crippen LogP contribution in [0.15, 0.2) is 0 Å². The van der Waals surface area contributed by atoms with Crippen LogP contribution in [-0.2, 0) is 14.3 Å². The molecule has 0 saturated carbocycles. The molecule has 6 heteroatoms. The van der Waals surface area contributed by atoms with Crippen LogP contribution in [0.2, 0.25) is 0 Å². The fourth-order valence-corrected chi connectivity index (χ4v) is 1.29. The van der Waals surface area contributed by atoms with E-state index in [1.807, 2.05) is 0 Å². The number of nitrogens with one attached hydrogen (secondary N) is 1. The van der Waals surface area contributed by atoms with Gasteiger partial charge in [-0.05, 0) is 6.42 Å². The number of carbonyl (C=O) groups is 2. The molecule has 0 radical (unpaired) electrons. The summed E-state index contributed by atoms with van der Waals surface area (Å²) in [6.07, 6.45) is 0.306. The third-order valence-corrected chi connectivity index (χ3v) is 2.25. The molecular weight excluding hydrogens is 200 g/mol. The molecule has 0 aromatic rings. The monoisotopic (exact) mass is 216 g/mol. The van der Waals surface area contributed by atoms with E-state index in [-0.39, 0.29) is 12.5 Å². The van der Waals surface area contributed by atoms with Crippen LogP contribution in [0.4, 0.5) is 4.79 Å². The number of ether oxygens (including phenoxy) is 2. The number of hydrogen-bond donors (Lipinski definition) is 1. The van der Waals surface area contributed by atoms with Crippen LogP contribution in [0.1, 0.15) is 6.42 Å². The first-order valence-corrected chi connectivity index (χ1v) is 4.83. The van der Waals surface area contributed by atoms with Gasteiger partial charge in [0.05, 0.1) is 0 Å². The summed E-state index contributed by atoms with van der Waals surface area (Å²) in [5, 5.41) is 2.72. The maximum Gasteiger partial charge on any atom is 0.410 e. The Morgan fingerprint density at radius 1 is 1.73 bits per heavy atom. The molecule has 0 aliphatic carbocycles. The van der Waals surface area contributed by atoms with Crippen LogP contribution >= 0.6 is 0 Å². The van der Waals surface area contributed by atoms with E-state index in [2.05, 4.69) is 5.32 Å². The molecule has 1 unspecified atom stereocenters. The van der Waals surface area contributed by atoms with Crippen LogP contribution in [-0.4, -0.2) is 56.9 Å². The summed E-state index contributed by atoms with van der Waals surface area (Å²) in [6.45, 7) is 1.28. The van der Waals surface area contributed by atoms with E-state index in [4.69, 9.17) is 9.47 Å². The summed E-state index contributed by atoms with van der Waals surface area (Å²) in [7, 11) is 3.16. The summed E-state index contributed by atoms with van der Waals surface area (Å²) in [6, 6.07) is -0.500. The molecule has 1 fully saturated rings. The number of rotatable bonds is 5. The zero-order valence-corrected chi connectivity index (χ0v) is 8.99. The quantitative estimate of drug-likeness (QED) is 0.634. The molecule has 86 valence electrons. The van der Waals surface area contributed by atoms with E-state index in [0.717, 1.165) is 6.42 Å². The van der Waals surface area contributed by atoms with Gasteiger partial charge in [-0.3, -0.25) is 9.69 Å². The molecule has 1 aliphatic rings. The molecule has 15 heavy (non-hydrogen) atoms. The lowest BCUT2D eigenvalue weighted by Crippen LogP contribution is -2.44. The zero-order chi connectivity index (χ0) is 11.3. The van der Waals surface area contributed by atoms with Crippen molar-refractivity contribution in [2.24, 2.45) is 0 Å². The van der Waals surface area contributed by atoms with Crippen molar-refractivity contribution < 1.29 is 19.1 Å². The molecule has 1 N–H and O–H groups in total. The van der Waals surface area contributed by atoms with E-state index in [1.54, 1.807) is 14.2 Å². The first-order chi connectivity index (χ1) is 7.16. The molecule has 2 amide bonds. The minimum atomic E-state index is -0.500. The van der Waals surface area contributed by atoms with Gasteiger partial charge in [0, 0.05) is 27.3 Å². The summed E-state index contributed by atoms with van der Waals surface area (Å²) in [5.74, 6) is -0.181. The molecule has 1 atom stereocenters. The molecule has 1 saturated heterocycles. The van der Waals surface area contributed by atoms with Gasteiger partial charge in [0.25, 0.3) is 0 Å². The van der Waals surface area contributed by atoms with Crippen LogP contribution in [0, 0.1) is 0 Å². The Hall–Kier alpha value is -1.30. The number of cyclic esters (lactones) is 1. The smallest absolute Gasteiger partial charge is 0.410 e. The lowest BCUT2D eigenvalue weighted by Gasteiger charge is -2.15. The lowest BCUT2D eigenvalue weighted by molar-refractivity contribution is -0.124.